The Morgan fingerprint density at radius 1 is 1.18 bits per heavy atom. The summed E-state index contributed by atoms with van der Waals surface area (Å²) in [5.41, 5.74) is 2.40. The van der Waals surface area contributed by atoms with E-state index in [0.29, 0.717) is 11.3 Å². The third-order valence-electron chi connectivity index (χ3n) is 5.84. The van der Waals surface area contributed by atoms with E-state index in [2.05, 4.69) is 4.98 Å². The van der Waals surface area contributed by atoms with Gasteiger partial charge in [0, 0.05) is 29.1 Å². The molecule has 0 bridgehead atoms. The van der Waals surface area contributed by atoms with Gasteiger partial charge in [-0.05, 0) is 44.0 Å². The quantitative estimate of drug-likeness (QED) is 0.480. The maximum absolute atomic E-state index is 14.9. The van der Waals surface area contributed by atoms with E-state index in [9.17, 15) is 14.0 Å². The predicted octanol–water partition coefficient (Wildman–Crippen LogP) is 5.99. The van der Waals surface area contributed by atoms with E-state index in [0.717, 1.165) is 16.5 Å². The van der Waals surface area contributed by atoms with E-state index >= 15 is 0 Å². The summed E-state index contributed by atoms with van der Waals surface area (Å²) in [6.45, 7) is 9.40. The van der Waals surface area contributed by atoms with Crippen molar-refractivity contribution in [1.29, 1.82) is 0 Å². The number of rotatable bonds is 3. The van der Waals surface area contributed by atoms with Gasteiger partial charge in [0.15, 0.2) is 5.82 Å². The second-order valence-electron chi connectivity index (χ2n) is 9.29. The molecule has 1 amide bonds. The van der Waals surface area contributed by atoms with Gasteiger partial charge in [0.25, 0.3) is 5.91 Å². The first kappa shape index (κ1) is 23.1. The van der Waals surface area contributed by atoms with Crippen LogP contribution in [0.15, 0.2) is 42.6 Å². The zero-order chi connectivity index (χ0) is 24.1. The normalized spacial score (nSPS) is 15.3. The number of halogens is 2. The van der Waals surface area contributed by atoms with Crippen molar-refractivity contribution < 1.29 is 18.7 Å². The molecule has 33 heavy (non-hydrogen) atoms. The van der Waals surface area contributed by atoms with Gasteiger partial charge in [-0.25, -0.2) is 9.18 Å². The SMILES string of the molecule is Cc1ccc(Cl)c(F)c1C(=O)N1C=C(C(=O)OC(C)C)c2[nH]c3ccccc3c2C(C)(C)C1. The summed E-state index contributed by atoms with van der Waals surface area (Å²) in [4.78, 5) is 31.5. The van der Waals surface area contributed by atoms with Crippen molar-refractivity contribution in [2.45, 2.75) is 46.1 Å². The Morgan fingerprint density at radius 2 is 1.88 bits per heavy atom. The molecule has 2 aromatic carbocycles. The van der Waals surface area contributed by atoms with Crippen LogP contribution in [0, 0.1) is 12.7 Å². The van der Waals surface area contributed by atoms with Crippen molar-refractivity contribution in [3.05, 3.63) is 75.8 Å². The zero-order valence-corrected chi connectivity index (χ0v) is 20.0. The van der Waals surface area contributed by atoms with Gasteiger partial charge in [-0.2, -0.15) is 0 Å². The summed E-state index contributed by atoms with van der Waals surface area (Å²) in [6, 6.07) is 10.8. The van der Waals surface area contributed by atoms with Crippen molar-refractivity contribution in [3.63, 3.8) is 0 Å². The third kappa shape index (κ3) is 4.04. The zero-order valence-electron chi connectivity index (χ0n) is 19.3. The van der Waals surface area contributed by atoms with Crippen LogP contribution in [0.2, 0.25) is 5.02 Å². The van der Waals surface area contributed by atoms with Gasteiger partial charge in [0.05, 0.1) is 28.0 Å². The predicted molar refractivity (Wildman–Crippen MR) is 128 cm³/mol. The Morgan fingerprint density at radius 3 is 2.58 bits per heavy atom. The number of nitrogens with one attached hydrogen (secondary N) is 1. The maximum Gasteiger partial charge on any atom is 0.342 e. The molecular weight excluding hydrogens is 443 g/mol. The van der Waals surface area contributed by atoms with E-state index in [1.165, 1.54) is 17.2 Å². The number of aromatic amines is 1. The summed E-state index contributed by atoms with van der Waals surface area (Å²) in [5.74, 6) is -1.89. The minimum Gasteiger partial charge on any atom is -0.459 e. The van der Waals surface area contributed by atoms with E-state index < -0.39 is 23.1 Å². The van der Waals surface area contributed by atoms with Crippen LogP contribution in [-0.4, -0.2) is 34.4 Å². The molecular formula is C26H26ClFN2O3. The van der Waals surface area contributed by atoms with Crippen molar-refractivity contribution in [3.8, 4) is 0 Å². The molecule has 0 atom stereocenters. The van der Waals surface area contributed by atoms with Crippen LogP contribution >= 0.6 is 11.6 Å². The summed E-state index contributed by atoms with van der Waals surface area (Å²) in [6.07, 6.45) is 1.12. The lowest BCUT2D eigenvalue weighted by molar-refractivity contribution is -0.140. The molecule has 2 heterocycles. The molecule has 172 valence electrons. The number of aromatic nitrogens is 1. The lowest BCUT2D eigenvalue weighted by Gasteiger charge is -2.30. The minimum absolute atomic E-state index is 0.110. The van der Waals surface area contributed by atoms with Gasteiger partial charge in [0.2, 0.25) is 0 Å². The van der Waals surface area contributed by atoms with Crippen LogP contribution in [0.3, 0.4) is 0 Å². The van der Waals surface area contributed by atoms with E-state index in [1.54, 1.807) is 26.8 Å². The molecule has 1 N–H and O–H groups in total. The van der Waals surface area contributed by atoms with Gasteiger partial charge in [-0.1, -0.05) is 49.7 Å². The first-order valence-corrected chi connectivity index (χ1v) is 11.2. The van der Waals surface area contributed by atoms with Crippen molar-refractivity contribution >= 4 is 40.0 Å². The largest absolute Gasteiger partial charge is 0.459 e. The van der Waals surface area contributed by atoms with Crippen LogP contribution in [0.5, 0.6) is 0 Å². The summed E-state index contributed by atoms with van der Waals surface area (Å²) < 4.78 is 20.4. The number of benzene rings is 2. The number of carbonyl (C=O) groups excluding carboxylic acids is 2. The fourth-order valence-electron chi connectivity index (χ4n) is 4.43. The number of para-hydroxylation sites is 1. The van der Waals surface area contributed by atoms with Gasteiger partial charge in [-0.15, -0.1) is 0 Å². The van der Waals surface area contributed by atoms with Gasteiger partial charge in [-0.3, -0.25) is 4.79 Å². The fourth-order valence-corrected chi connectivity index (χ4v) is 4.59. The molecule has 0 saturated carbocycles. The van der Waals surface area contributed by atoms with Crippen LogP contribution < -0.4 is 0 Å². The van der Waals surface area contributed by atoms with Crippen LogP contribution in [0.1, 0.15) is 54.9 Å². The smallest absolute Gasteiger partial charge is 0.342 e. The molecule has 0 unspecified atom stereocenters. The standard InChI is InChI=1S/C26H26ClFN2O3/c1-14(2)33-25(32)17-12-30(24(31)20-15(3)10-11-18(27)22(20)28)13-26(4,5)21-16-8-6-7-9-19(16)29-23(17)21/h6-12,14,29H,13H2,1-5H3. The lowest BCUT2D eigenvalue weighted by Crippen LogP contribution is -2.37. The Bertz CT molecular complexity index is 1310. The topological polar surface area (TPSA) is 62.4 Å². The van der Waals surface area contributed by atoms with E-state index in [-0.39, 0.29) is 28.8 Å². The highest BCUT2D eigenvalue weighted by Gasteiger charge is 2.38. The molecule has 1 aromatic heterocycles. The lowest BCUT2D eigenvalue weighted by atomic mass is 9.81. The molecule has 1 aliphatic rings. The van der Waals surface area contributed by atoms with Crippen LogP contribution in [0.4, 0.5) is 4.39 Å². The average Bonchev–Trinajstić information content (AvgIpc) is 3.08. The number of hydrogen-bond acceptors (Lipinski definition) is 3. The van der Waals surface area contributed by atoms with Crippen LogP contribution in [0.25, 0.3) is 16.5 Å². The Labute approximate surface area is 197 Å². The Balaban J connectivity index is 1.93. The van der Waals surface area contributed by atoms with E-state index in [1.807, 2.05) is 38.1 Å². The average molecular weight is 469 g/mol. The summed E-state index contributed by atoms with van der Waals surface area (Å²) in [7, 11) is 0. The van der Waals surface area contributed by atoms with E-state index in [4.69, 9.17) is 16.3 Å². The van der Waals surface area contributed by atoms with Gasteiger partial charge in [0.1, 0.15) is 0 Å². The number of esters is 1. The molecule has 0 spiro atoms. The molecule has 0 radical (unpaired) electrons. The van der Waals surface area contributed by atoms with Crippen molar-refractivity contribution in [1.82, 2.24) is 9.88 Å². The number of fused-ring (bicyclic) bond motifs is 3. The highest BCUT2D eigenvalue weighted by atomic mass is 35.5. The summed E-state index contributed by atoms with van der Waals surface area (Å²) in [5, 5.41) is 0.831. The molecule has 1 aliphatic heterocycles. The summed E-state index contributed by atoms with van der Waals surface area (Å²) >= 11 is 5.97. The fraction of sp³-hybridized carbons (Fsp3) is 0.308. The molecule has 3 aromatic rings. The van der Waals surface area contributed by atoms with Crippen LogP contribution in [-0.2, 0) is 14.9 Å². The number of carbonyl (C=O) groups is 2. The highest BCUT2D eigenvalue weighted by molar-refractivity contribution is 6.31. The number of ether oxygens (including phenoxy) is 1. The maximum atomic E-state index is 14.9. The van der Waals surface area contributed by atoms with Crippen molar-refractivity contribution in [2.75, 3.05) is 6.54 Å². The third-order valence-corrected chi connectivity index (χ3v) is 6.14. The minimum atomic E-state index is -0.771. The Kier molecular flexibility index (Phi) is 5.83. The molecule has 0 aliphatic carbocycles. The first-order chi connectivity index (χ1) is 15.5. The first-order valence-electron chi connectivity index (χ1n) is 10.8. The molecule has 0 fully saturated rings. The molecule has 5 nitrogen and oxygen atoms in total. The van der Waals surface area contributed by atoms with Gasteiger partial charge >= 0.3 is 5.97 Å². The number of nitrogens with zero attached hydrogens (tertiary/aromatic N) is 1. The second kappa shape index (κ2) is 8.34. The molecule has 4 rings (SSSR count). The number of aryl methyl sites for hydroxylation is 1. The van der Waals surface area contributed by atoms with Crippen molar-refractivity contribution in [2.24, 2.45) is 0 Å². The monoisotopic (exact) mass is 468 g/mol. The Hall–Kier alpha value is -3.12. The number of hydrogen-bond donors (Lipinski definition) is 1. The number of amides is 1. The second-order valence-corrected chi connectivity index (χ2v) is 9.69. The molecule has 0 saturated heterocycles. The highest BCUT2D eigenvalue weighted by Crippen LogP contribution is 2.41. The number of H-pyrrole nitrogens is 1. The molecule has 7 heteroatoms. The van der Waals surface area contributed by atoms with Gasteiger partial charge < -0.3 is 14.6 Å².